The molecule has 0 aromatic heterocycles. The Bertz CT molecular complexity index is 439. The standard InChI is InChI=1S/C12H17ClO3S/c1-3-4-5-12(16-2)10-6-8-11(9-7-10)17(13,14)15/h6-9,12H,3-5H2,1-2H3/t12-/m1/s1. The van der Waals surface area contributed by atoms with Crippen molar-refractivity contribution in [2.45, 2.75) is 37.2 Å². The molecule has 0 saturated heterocycles. The van der Waals surface area contributed by atoms with Gasteiger partial charge in [0.15, 0.2) is 0 Å². The Hall–Kier alpha value is -0.580. The number of hydrogen-bond donors (Lipinski definition) is 0. The van der Waals surface area contributed by atoms with Gasteiger partial charge < -0.3 is 4.74 Å². The monoisotopic (exact) mass is 276 g/mol. The lowest BCUT2D eigenvalue weighted by Crippen LogP contribution is -2.02. The second-order valence-corrected chi connectivity index (χ2v) is 6.44. The largest absolute Gasteiger partial charge is 0.377 e. The molecule has 0 N–H and O–H groups in total. The summed E-state index contributed by atoms with van der Waals surface area (Å²) in [6.07, 6.45) is 3.13. The molecule has 1 rings (SSSR count). The van der Waals surface area contributed by atoms with Crippen LogP contribution in [0.1, 0.15) is 37.9 Å². The van der Waals surface area contributed by atoms with E-state index in [0.29, 0.717) is 0 Å². The van der Waals surface area contributed by atoms with Crippen molar-refractivity contribution in [3.05, 3.63) is 29.8 Å². The Morgan fingerprint density at radius 2 is 1.88 bits per heavy atom. The van der Waals surface area contributed by atoms with E-state index in [1.54, 1.807) is 19.2 Å². The first kappa shape index (κ1) is 14.5. The highest BCUT2D eigenvalue weighted by Crippen LogP contribution is 2.24. The van der Waals surface area contributed by atoms with E-state index >= 15 is 0 Å². The molecule has 0 saturated carbocycles. The predicted octanol–water partition coefficient (Wildman–Crippen LogP) is 3.49. The van der Waals surface area contributed by atoms with E-state index in [0.717, 1.165) is 24.8 Å². The minimum Gasteiger partial charge on any atom is -0.377 e. The van der Waals surface area contributed by atoms with Crippen LogP contribution >= 0.6 is 10.7 Å². The molecule has 17 heavy (non-hydrogen) atoms. The fourth-order valence-electron chi connectivity index (χ4n) is 1.66. The van der Waals surface area contributed by atoms with Crippen LogP contribution in [0.3, 0.4) is 0 Å². The maximum Gasteiger partial charge on any atom is 0.261 e. The average Bonchev–Trinajstić information content (AvgIpc) is 2.29. The maximum atomic E-state index is 11.1. The maximum absolute atomic E-state index is 11.1. The van der Waals surface area contributed by atoms with Crippen molar-refractivity contribution < 1.29 is 13.2 Å². The number of unbranched alkanes of at least 4 members (excludes halogenated alkanes) is 1. The summed E-state index contributed by atoms with van der Waals surface area (Å²) in [6, 6.07) is 6.52. The van der Waals surface area contributed by atoms with Gasteiger partial charge in [0.05, 0.1) is 11.0 Å². The van der Waals surface area contributed by atoms with E-state index in [2.05, 4.69) is 6.92 Å². The van der Waals surface area contributed by atoms with Crippen LogP contribution in [0.15, 0.2) is 29.2 Å². The van der Waals surface area contributed by atoms with E-state index in [4.69, 9.17) is 15.4 Å². The van der Waals surface area contributed by atoms with Crippen LogP contribution in [0, 0.1) is 0 Å². The molecule has 96 valence electrons. The van der Waals surface area contributed by atoms with E-state index in [-0.39, 0.29) is 11.0 Å². The first-order valence-electron chi connectivity index (χ1n) is 5.56. The second kappa shape index (κ2) is 6.38. The number of hydrogen-bond acceptors (Lipinski definition) is 3. The van der Waals surface area contributed by atoms with Crippen molar-refractivity contribution >= 4 is 19.7 Å². The summed E-state index contributed by atoms with van der Waals surface area (Å²) in [5, 5.41) is 0. The Kier molecular flexibility index (Phi) is 5.43. The highest BCUT2D eigenvalue weighted by atomic mass is 35.7. The zero-order valence-corrected chi connectivity index (χ0v) is 11.6. The Labute approximate surface area is 107 Å². The topological polar surface area (TPSA) is 43.4 Å². The lowest BCUT2D eigenvalue weighted by atomic mass is 10.0. The molecule has 0 bridgehead atoms. The summed E-state index contributed by atoms with van der Waals surface area (Å²) < 4.78 is 27.6. The van der Waals surface area contributed by atoms with E-state index in [1.807, 2.05) is 0 Å². The quantitative estimate of drug-likeness (QED) is 0.747. The first-order chi connectivity index (χ1) is 7.99. The van der Waals surface area contributed by atoms with Crippen LogP contribution in [0.25, 0.3) is 0 Å². The molecule has 1 aromatic rings. The molecule has 0 radical (unpaired) electrons. The zero-order chi connectivity index (χ0) is 12.9. The van der Waals surface area contributed by atoms with Crippen molar-refractivity contribution in [1.82, 2.24) is 0 Å². The van der Waals surface area contributed by atoms with Gasteiger partial charge in [-0.3, -0.25) is 0 Å². The molecular formula is C12H17ClO3S. The third kappa shape index (κ3) is 4.30. The summed E-state index contributed by atoms with van der Waals surface area (Å²) in [4.78, 5) is 0.119. The van der Waals surface area contributed by atoms with Crippen molar-refractivity contribution in [3.63, 3.8) is 0 Å². The molecule has 0 aliphatic heterocycles. The minimum absolute atomic E-state index is 0.0158. The van der Waals surface area contributed by atoms with Gasteiger partial charge in [-0.05, 0) is 24.1 Å². The van der Waals surface area contributed by atoms with Gasteiger partial charge in [-0.25, -0.2) is 8.42 Å². The van der Waals surface area contributed by atoms with Crippen LogP contribution in [0.4, 0.5) is 0 Å². The van der Waals surface area contributed by atoms with Gasteiger partial charge >= 0.3 is 0 Å². The molecule has 0 spiro atoms. The lowest BCUT2D eigenvalue weighted by Gasteiger charge is -2.15. The molecule has 0 aliphatic carbocycles. The Morgan fingerprint density at radius 1 is 1.29 bits per heavy atom. The molecule has 0 unspecified atom stereocenters. The molecule has 5 heteroatoms. The summed E-state index contributed by atoms with van der Waals surface area (Å²) in [5.74, 6) is 0. The van der Waals surface area contributed by atoms with Crippen molar-refractivity contribution in [1.29, 1.82) is 0 Å². The molecule has 0 fully saturated rings. The van der Waals surface area contributed by atoms with E-state index < -0.39 is 9.05 Å². The second-order valence-electron chi connectivity index (χ2n) is 3.87. The van der Waals surface area contributed by atoms with Crippen LogP contribution < -0.4 is 0 Å². The van der Waals surface area contributed by atoms with Gasteiger partial charge in [-0.1, -0.05) is 31.9 Å². The number of ether oxygens (including phenoxy) is 1. The van der Waals surface area contributed by atoms with Gasteiger partial charge in [0, 0.05) is 17.8 Å². The summed E-state index contributed by atoms with van der Waals surface area (Å²) in [7, 11) is 3.27. The molecule has 1 atom stereocenters. The fraction of sp³-hybridized carbons (Fsp3) is 0.500. The highest BCUT2D eigenvalue weighted by molar-refractivity contribution is 8.13. The molecular weight excluding hydrogens is 260 g/mol. The van der Waals surface area contributed by atoms with Gasteiger partial charge in [0.25, 0.3) is 9.05 Å². The van der Waals surface area contributed by atoms with Gasteiger partial charge in [0.2, 0.25) is 0 Å². The molecule has 3 nitrogen and oxygen atoms in total. The predicted molar refractivity (Wildman–Crippen MR) is 68.8 cm³/mol. The lowest BCUT2D eigenvalue weighted by molar-refractivity contribution is 0.0935. The van der Waals surface area contributed by atoms with E-state index in [1.165, 1.54) is 12.1 Å². The summed E-state index contributed by atoms with van der Waals surface area (Å²) in [5.41, 5.74) is 0.977. The normalized spacial score (nSPS) is 13.6. The summed E-state index contributed by atoms with van der Waals surface area (Å²) in [6.45, 7) is 2.12. The summed E-state index contributed by atoms with van der Waals surface area (Å²) >= 11 is 0. The van der Waals surface area contributed by atoms with Gasteiger partial charge in [-0.15, -0.1) is 0 Å². The molecule has 0 heterocycles. The van der Waals surface area contributed by atoms with Crippen LogP contribution in [-0.2, 0) is 13.8 Å². The number of halogens is 1. The van der Waals surface area contributed by atoms with E-state index in [9.17, 15) is 8.42 Å². The third-order valence-electron chi connectivity index (χ3n) is 2.64. The first-order valence-corrected chi connectivity index (χ1v) is 7.87. The number of benzene rings is 1. The average molecular weight is 277 g/mol. The third-order valence-corrected chi connectivity index (χ3v) is 4.01. The fourth-order valence-corrected chi connectivity index (χ4v) is 2.42. The minimum atomic E-state index is -3.64. The highest BCUT2D eigenvalue weighted by Gasteiger charge is 2.13. The molecule has 0 amide bonds. The molecule has 1 aromatic carbocycles. The van der Waals surface area contributed by atoms with Crippen LogP contribution in [-0.4, -0.2) is 15.5 Å². The smallest absolute Gasteiger partial charge is 0.261 e. The molecule has 0 aliphatic rings. The van der Waals surface area contributed by atoms with Gasteiger partial charge in [-0.2, -0.15) is 0 Å². The SMILES string of the molecule is CCCC[C@@H](OC)c1ccc(S(=O)(=O)Cl)cc1. The Morgan fingerprint density at radius 3 is 2.29 bits per heavy atom. The van der Waals surface area contributed by atoms with Crippen LogP contribution in [0.5, 0.6) is 0 Å². The van der Waals surface area contributed by atoms with Gasteiger partial charge in [0.1, 0.15) is 0 Å². The van der Waals surface area contributed by atoms with Crippen molar-refractivity contribution in [3.8, 4) is 0 Å². The Balaban J connectivity index is 2.85. The zero-order valence-electron chi connectivity index (χ0n) is 10.0. The van der Waals surface area contributed by atoms with Crippen molar-refractivity contribution in [2.75, 3.05) is 7.11 Å². The number of rotatable bonds is 6. The van der Waals surface area contributed by atoms with Crippen LogP contribution in [0.2, 0.25) is 0 Å². The van der Waals surface area contributed by atoms with Crippen molar-refractivity contribution in [2.24, 2.45) is 0 Å². The number of methoxy groups -OCH3 is 1.